The van der Waals surface area contributed by atoms with Crippen LogP contribution in [0.5, 0.6) is 17.2 Å². The third-order valence-electron chi connectivity index (χ3n) is 5.41. The monoisotopic (exact) mass is 528 g/mol. The minimum Gasteiger partial charge on any atom is -0.497 e. The molecule has 1 aromatic rings. The molecule has 0 spiro atoms. The lowest BCUT2D eigenvalue weighted by molar-refractivity contribution is -0.152. The summed E-state index contributed by atoms with van der Waals surface area (Å²) in [5.41, 5.74) is 0.602. The SMILES string of the molecule is COCOc1cc(OC)cc(/C=C/C[C@@H]2OC(C)(C)O[C@@H]2C(O)/C=C\[C@@H](OCOC)[C@H](C)O)c1OCO. The van der Waals surface area contributed by atoms with E-state index < -0.39 is 43.1 Å². The van der Waals surface area contributed by atoms with E-state index in [0.29, 0.717) is 29.2 Å². The Morgan fingerprint density at radius 3 is 2.38 bits per heavy atom. The molecule has 3 N–H and O–H groups in total. The predicted octanol–water partition coefficient (Wildman–Crippen LogP) is 2.22. The van der Waals surface area contributed by atoms with Crippen LogP contribution in [0, 0.1) is 0 Å². The van der Waals surface area contributed by atoms with E-state index >= 15 is 0 Å². The summed E-state index contributed by atoms with van der Waals surface area (Å²) in [5.74, 6) is 0.286. The summed E-state index contributed by atoms with van der Waals surface area (Å²) in [6.45, 7) is 4.57. The van der Waals surface area contributed by atoms with Gasteiger partial charge in [0.25, 0.3) is 0 Å². The molecule has 0 radical (unpaired) electrons. The Labute approximate surface area is 218 Å². The Morgan fingerprint density at radius 1 is 1.03 bits per heavy atom. The topological polar surface area (TPSA) is 135 Å². The third-order valence-corrected chi connectivity index (χ3v) is 5.41. The summed E-state index contributed by atoms with van der Waals surface area (Å²) in [7, 11) is 4.51. The Morgan fingerprint density at radius 2 is 1.76 bits per heavy atom. The molecule has 0 aliphatic carbocycles. The lowest BCUT2D eigenvalue weighted by atomic mass is 10.0. The minimum atomic E-state index is -1.02. The van der Waals surface area contributed by atoms with Crippen molar-refractivity contribution in [3.05, 3.63) is 35.9 Å². The number of hydrogen-bond donors (Lipinski definition) is 3. The zero-order valence-corrected chi connectivity index (χ0v) is 22.3. The molecule has 1 unspecified atom stereocenters. The van der Waals surface area contributed by atoms with Gasteiger partial charge in [-0.05, 0) is 33.3 Å². The molecule has 37 heavy (non-hydrogen) atoms. The molecule has 11 nitrogen and oxygen atoms in total. The number of hydrogen-bond acceptors (Lipinski definition) is 11. The molecule has 1 fully saturated rings. The van der Waals surface area contributed by atoms with E-state index in [4.69, 9.17) is 37.9 Å². The summed E-state index contributed by atoms with van der Waals surface area (Å²) in [4.78, 5) is 0. The third kappa shape index (κ3) is 9.55. The molecule has 210 valence electrons. The molecule has 0 amide bonds. The van der Waals surface area contributed by atoms with Crippen LogP contribution in [0.2, 0.25) is 0 Å². The van der Waals surface area contributed by atoms with Crippen molar-refractivity contribution in [2.24, 2.45) is 0 Å². The second kappa shape index (κ2) is 15.3. The first-order chi connectivity index (χ1) is 17.6. The van der Waals surface area contributed by atoms with Crippen molar-refractivity contribution in [3.63, 3.8) is 0 Å². The maximum Gasteiger partial charge on any atom is 0.188 e. The van der Waals surface area contributed by atoms with Crippen LogP contribution in [0.3, 0.4) is 0 Å². The highest BCUT2D eigenvalue weighted by Gasteiger charge is 2.43. The number of aliphatic hydroxyl groups excluding tert-OH is 3. The van der Waals surface area contributed by atoms with Crippen molar-refractivity contribution < 1.29 is 53.2 Å². The van der Waals surface area contributed by atoms with Crippen LogP contribution in [0.1, 0.15) is 32.8 Å². The van der Waals surface area contributed by atoms with Gasteiger partial charge in [-0.25, -0.2) is 0 Å². The molecule has 2 rings (SSSR count). The van der Waals surface area contributed by atoms with Gasteiger partial charge in [-0.3, -0.25) is 0 Å². The van der Waals surface area contributed by atoms with Crippen LogP contribution in [0.25, 0.3) is 6.08 Å². The quantitative estimate of drug-likeness (QED) is 0.215. The van der Waals surface area contributed by atoms with Gasteiger partial charge in [0.15, 0.2) is 30.9 Å². The normalized spacial score (nSPS) is 21.9. The second-order valence-corrected chi connectivity index (χ2v) is 8.80. The molecule has 1 aliphatic rings. The second-order valence-electron chi connectivity index (χ2n) is 8.80. The number of methoxy groups -OCH3 is 3. The van der Waals surface area contributed by atoms with Crippen molar-refractivity contribution in [1.29, 1.82) is 0 Å². The molecular formula is C26H40O11. The van der Waals surface area contributed by atoms with E-state index in [0.717, 1.165) is 0 Å². The lowest BCUT2D eigenvalue weighted by Gasteiger charge is -2.21. The van der Waals surface area contributed by atoms with Crippen molar-refractivity contribution >= 4 is 6.08 Å². The summed E-state index contributed by atoms with van der Waals surface area (Å²) < 4.78 is 43.6. The maximum atomic E-state index is 10.8. The first-order valence-electron chi connectivity index (χ1n) is 11.9. The smallest absolute Gasteiger partial charge is 0.188 e. The molecule has 0 bridgehead atoms. The largest absolute Gasteiger partial charge is 0.497 e. The highest BCUT2D eigenvalue weighted by molar-refractivity contribution is 5.65. The van der Waals surface area contributed by atoms with Gasteiger partial charge in [0, 0.05) is 25.8 Å². The average Bonchev–Trinajstić information content (AvgIpc) is 3.17. The molecule has 0 aromatic heterocycles. The number of ether oxygens (including phenoxy) is 8. The van der Waals surface area contributed by atoms with Gasteiger partial charge >= 0.3 is 0 Å². The van der Waals surface area contributed by atoms with Gasteiger partial charge in [0.1, 0.15) is 30.9 Å². The van der Waals surface area contributed by atoms with E-state index in [-0.39, 0.29) is 13.6 Å². The molecule has 0 saturated carbocycles. The summed E-state index contributed by atoms with van der Waals surface area (Å²) in [6, 6.07) is 3.37. The van der Waals surface area contributed by atoms with Crippen LogP contribution < -0.4 is 14.2 Å². The molecule has 1 saturated heterocycles. The number of aliphatic hydroxyl groups is 3. The first kappa shape index (κ1) is 31.0. The fourth-order valence-electron chi connectivity index (χ4n) is 3.79. The standard InChI is InChI=1S/C26H40O11/c1-17(28)21(34-15-30-4)11-10-20(29)25-22(36-26(2,3)37-25)9-7-8-18-12-19(32-6)13-23(35-16-31-5)24(18)33-14-27/h7-8,10-13,17,20-22,25,27-29H,9,14-16H2,1-6H3/b8-7+,11-10-/t17-,20?,21+,22-,25+/m0/s1. The van der Waals surface area contributed by atoms with Gasteiger partial charge in [0.05, 0.1) is 19.3 Å². The molecule has 5 atom stereocenters. The Kier molecular flexibility index (Phi) is 12.8. The Hall–Kier alpha value is -2.22. The van der Waals surface area contributed by atoms with Crippen LogP contribution in [0.15, 0.2) is 30.4 Å². The van der Waals surface area contributed by atoms with E-state index in [1.807, 2.05) is 6.08 Å². The highest BCUT2D eigenvalue weighted by Crippen LogP contribution is 2.38. The summed E-state index contributed by atoms with van der Waals surface area (Å²) in [6.07, 6.45) is 3.48. The number of rotatable bonds is 16. The molecule has 11 heteroatoms. The van der Waals surface area contributed by atoms with Crippen molar-refractivity contribution in [1.82, 2.24) is 0 Å². The van der Waals surface area contributed by atoms with Crippen LogP contribution >= 0.6 is 0 Å². The maximum absolute atomic E-state index is 10.8. The summed E-state index contributed by atoms with van der Waals surface area (Å²) >= 11 is 0. The first-order valence-corrected chi connectivity index (χ1v) is 11.9. The number of benzene rings is 1. The lowest BCUT2D eigenvalue weighted by Crippen LogP contribution is -2.34. The van der Waals surface area contributed by atoms with Crippen LogP contribution in [-0.2, 0) is 23.7 Å². The van der Waals surface area contributed by atoms with E-state index in [1.165, 1.54) is 27.4 Å². The average molecular weight is 529 g/mol. The molecule has 1 heterocycles. The fourth-order valence-corrected chi connectivity index (χ4v) is 3.79. The Bertz CT molecular complexity index is 868. The van der Waals surface area contributed by atoms with E-state index in [2.05, 4.69) is 0 Å². The van der Waals surface area contributed by atoms with Crippen LogP contribution in [0.4, 0.5) is 0 Å². The summed E-state index contributed by atoms with van der Waals surface area (Å²) in [5, 5.41) is 30.1. The Balaban J connectivity index is 2.21. The van der Waals surface area contributed by atoms with Gasteiger partial charge in [-0.1, -0.05) is 24.3 Å². The predicted molar refractivity (Wildman–Crippen MR) is 134 cm³/mol. The van der Waals surface area contributed by atoms with Gasteiger partial charge in [0.2, 0.25) is 0 Å². The van der Waals surface area contributed by atoms with E-state index in [1.54, 1.807) is 45.1 Å². The van der Waals surface area contributed by atoms with Gasteiger partial charge in [-0.2, -0.15) is 0 Å². The fraction of sp³-hybridized carbons (Fsp3) is 0.615. The van der Waals surface area contributed by atoms with Gasteiger partial charge in [-0.15, -0.1) is 0 Å². The molecule has 1 aromatic carbocycles. The zero-order valence-electron chi connectivity index (χ0n) is 22.3. The molecular weight excluding hydrogens is 488 g/mol. The zero-order chi connectivity index (χ0) is 27.4. The minimum absolute atomic E-state index is 0.00394. The van der Waals surface area contributed by atoms with Crippen molar-refractivity contribution in [2.45, 2.75) is 63.5 Å². The van der Waals surface area contributed by atoms with E-state index in [9.17, 15) is 15.3 Å². The van der Waals surface area contributed by atoms with Crippen LogP contribution in [-0.4, -0.2) is 93.3 Å². The van der Waals surface area contributed by atoms with Crippen molar-refractivity contribution in [3.8, 4) is 17.2 Å². The highest BCUT2D eigenvalue weighted by atomic mass is 16.8. The molecule has 1 aliphatic heterocycles. The van der Waals surface area contributed by atoms with Gasteiger partial charge < -0.3 is 53.2 Å². The van der Waals surface area contributed by atoms with Crippen molar-refractivity contribution in [2.75, 3.05) is 41.7 Å².